The molecule has 3 unspecified atom stereocenters. The van der Waals surface area contributed by atoms with E-state index in [9.17, 15) is 9.90 Å². The lowest BCUT2D eigenvalue weighted by Gasteiger charge is -2.51. The van der Waals surface area contributed by atoms with E-state index in [2.05, 4.69) is 63.5 Å². The summed E-state index contributed by atoms with van der Waals surface area (Å²) >= 11 is 3.46. The number of ether oxygens (including phenoxy) is 1. The summed E-state index contributed by atoms with van der Waals surface area (Å²) < 4.78 is 9.74. The van der Waals surface area contributed by atoms with Gasteiger partial charge in [0.05, 0.1) is 11.2 Å². The molecule has 0 spiro atoms. The van der Waals surface area contributed by atoms with Crippen LogP contribution in [-0.4, -0.2) is 40.1 Å². The highest BCUT2D eigenvalue weighted by Crippen LogP contribution is 2.57. The second kappa shape index (κ2) is 11.0. The third-order valence-corrected chi connectivity index (χ3v) is 9.09. The molecule has 0 aliphatic carbocycles. The molecule has 202 valence electrons. The number of aliphatic hydroxyl groups is 1. The van der Waals surface area contributed by atoms with Gasteiger partial charge in [0.15, 0.2) is 5.78 Å². The van der Waals surface area contributed by atoms with Gasteiger partial charge < -0.3 is 19.3 Å². The maximum atomic E-state index is 12.8. The molecule has 3 heterocycles. The monoisotopic (exact) mass is 578 g/mol. The van der Waals surface area contributed by atoms with E-state index in [0.29, 0.717) is 19.4 Å². The molecule has 3 aromatic rings. The Morgan fingerprint density at radius 3 is 2.66 bits per heavy atom. The summed E-state index contributed by atoms with van der Waals surface area (Å²) in [4.78, 5) is 15.1. The van der Waals surface area contributed by atoms with Crippen molar-refractivity contribution in [2.45, 2.75) is 71.1 Å². The fraction of sp³-hybridized carbons (Fsp3) is 0.469. The largest absolute Gasteiger partial charge is 0.377 e. The Morgan fingerprint density at radius 1 is 1.16 bits per heavy atom. The summed E-state index contributed by atoms with van der Waals surface area (Å²) in [7, 11) is 0. The number of nitrogens with zero attached hydrogens (tertiary/aromatic N) is 2. The zero-order chi connectivity index (χ0) is 26.9. The van der Waals surface area contributed by atoms with Crippen LogP contribution in [0.1, 0.15) is 69.4 Å². The minimum absolute atomic E-state index is 0.0466. The van der Waals surface area contributed by atoms with Crippen molar-refractivity contribution in [3.8, 4) is 0 Å². The highest BCUT2D eigenvalue weighted by Gasteiger charge is 2.52. The fourth-order valence-corrected chi connectivity index (χ4v) is 7.11. The number of benzene rings is 2. The fourth-order valence-electron chi connectivity index (χ4n) is 6.84. The van der Waals surface area contributed by atoms with Gasteiger partial charge in [0.1, 0.15) is 11.8 Å². The molecule has 2 bridgehead atoms. The van der Waals surface area contributed by atoms with E-state index in [-0.39, 0.29) is 17.3 Å². The minimum atomic E-state index is -0.977. The molecule has 38 heavy (non-hydrogen) atoms. The third-order valence-electron chi connectivity index (χ3n) is 8.56. The average Bonchev–Trinajstić information content (AvgIpc) is 3.24. The van der Waals surface area contributed by atoms with Crippen molar-refractivity contribution < 1.29 is 14.6 Å². The number of fused-ring (bicyclic) bond motifs is 4. The predicted molar refractivity (Wildman–Crippen MR) is 156 cm³/mol. The number of rotatable bonds is 7. The molecule has 0 saturated carbocycles. The summed E-state index contributed by atoms with van der Waals surface area (Å²) in [5.41, 5.74) is 3.37. The van der Waals surface area contributed by atoms with Gasteiger partial charge in [0.25, 0.3) is 0 Å². The summed E-state index contributed by atoms with van der Waals surface area (Å²) in [6.45, 7) is 8.61. The van der Waals surface area contributed by atoms with Crippen LogP contribution in [0, 0.1) is 5.41 Å². The summed E-state index contributed by atoms with van der Waals surface area (Å²) in [5.74, 6) is 0.109. The van der Waals surface area contributed by atoms with Crippen molar-refractivity contribution in [2.75, 3.05) is 19.7 Å². The molecule has 1 N–H and O–H groups in total. The molecule has 5 nitrogen and oxygen atoms in total. The predicted octanol–water partition coefficient (Wildman–Crippen LogP) is 6.91. The van der Waals surface area contributed by atoms with Crippen LogP contribution in [0.15, 0.2) is 65.3 Å². The van der Waals surface area contributed by atoms with E-state index in [1.165, 1.54) is 10.9 Å². The number of ketones is 1. The number of hydrogen-bond donors (Lipinski definition) is 1. The minimum Gasteiger partial charge on any atom is -0.377 e. The molecule has 2 aromatic carbocycles. The maximum absolute atomic E-state index is 12.8. The highest BCUT2D eigenvalue weighted by atomic mass is 79.9. The Balaban J connectivity index is 1.49. The first-order chi connectivity index (χ1) is 18.3. The number of allylic oxidation sites excluding steroid dienone is 1. The van der Waals surface area contributed by atoms with Crippen molar-refractivity contribution in [1.82, 2.24) is 9.47 Å². The summed E-state index contributed by atoms with van der Waals surface area (Å²) in [6, 6.07) is 16.4. The lowest BCUT2D eigenvalue weighted by molar-refractivity contribution is -0.152. The molecule has 5 rings (SSSR count). The molecule has 0 amide bonds. The number of aromatic nitrogens is 1. The van der Waals surface area contributed by atoms with Crippen LogP contribution in [0.3, 0.4) is 0 Å². The smallest absolute Gasteiger partial charge is 0.161 e. The van der Waals surface area contributed by atoms with Gasteiger partial charge in [-0.15, -0.1) is 0 Å². The van der Waals surface area contributed by atoms with E-state index in [1.807, 2.05) is 37.4 Å². The quantitative estimate of drug-likeness (QED) is 0.309. The van der Waals surface area contributed by atoms with Crippen molar-refractivity contribution in [2.24, 2.45) is 5.41 Å². The summed E-state index contributed by atoms with van der Waals surface area (Å²) in [6.07, 6.45) is 8.46. The Hall–Kier alpha value is -2.41. The van der Waals surface area contributed by atoms with Gasteiger partial charge in [-0.1, -0.05) is 53.2 Å². The van der Waals surface area contributed by atoms with Crippen molar-refractivity contribution in [3.63, 3.8) is 0 Å². The van der Waals surface area contributed by atoms with Gasteiger partial charge in [0.2, 0.25) is 0 Å². The maximum Gasteiger partial charge on any atom is 0.161 e. The highest BCUT2D eigenvalue weighted by molar-refractivity contribution is 9.10. The molecular formula is C32H39BrN2O3. The molecule has 1 aromatic heterocycles. The van der Waals surface area contributed by atoms with Gasteiger partial charge in [-0.05, 0) is 74.9 Å². The number of hydrogen-bond acceptors (Lipinski definition) is 4. The normalized spacial score (nSPS) is 25.7. The van der Waals surface area contributed by atoms with Crippen LogP contribution >= 0.6 is 15.9 Å². The van der Waals surface area contributed by atoms with E-state index < -0.39 is 5.72 Å². The second-order valence-corrected chi connectivity index (χ2v) is 12.1. The van der Waals surface area contributed by atoms with Crippen molar-refractivity contribution >= 4 is 32.6 Å². The SMILES string of the molecule is CCOC1c2c3c4ccccc4n2C(C)(O)CC1(CC)CCCN(/C=C/C(=O)Cc1ccc(Br)cc1)CC3. The van der Waals surface area contributed by atoms with Gasteiger partial charge in [-0.2, -0.15) is 0 Å². The number of carbonyl (C=O) groups is 1. The molecular weight excluding hydrogens is 540 g/mol. The first-order valence-corrected chi connectivity index (χ1v) is 14.7. The van der Waals surface area contributed by atoms with Crippen molar-refractivity contribution in [1.29, 1.82) is 0 Å². The van der Waals surface area contributed by atoms with Crippen LogP contribution in [-0.2, 0) is 28.1 Å². The summed E-state index contributed by atoms with van der Waals surface area (Å²) in [5, 5.41) is 13.1. The van der Waals surface area contributed by atoms with Crippen molar-refractivity contribution in [3.05, 3.63) is 82.1 Å². The Labute approximate surface area is 234 Å². The molecule has 0 saturated heterocycles. The van der Waals surface area contributed by atoms with Crippen LogP contribution in [0.25, 0.3) is 10.9 Å². The van der Waals surface area contributed by atoms with E-state index in [0.717, 1.165) is 60.0 Å². The molecule has 0 radical (unpaired) electrons. The Kier molecular flexibility index (Phi) is 7.86. The average molecular weight is 580 g/mol. The van der Waals surface area contributed by atoms with Crippen LogP contribution in [0.5, 0.6) is 0 Å². The van der Waals surface area contributed by atoms with E-state index in [1.54, 1.807) is 6.08 Å². The molecule has 6 heteroatoms. The Bertz CT molecular complexity index is 1330. The van der Waals surface area contributed by atoms with Crippen LogP contribution < -0.4 is 0 Å². The van der Waals surface area contributed by atoms with Crippen LogP contribution in [0.4, 0.5) is 0 Å². The molecule has 2 aliphatic rings. The van der Waals surface area contributed by atoms with Crippen LogP contribution in [0.2, 0.25) is 0 Å². The van der Waals surface area contributed by atoms with E-state index in [4.69, 9.17) is 4.74 Å². The zero-order valence-corrected chi connectivity index (χ0v) is 24.3. The topological polar surface area (TPSA) is 54.7 Å². The molecule has 3 atom stereocenters. The first kappa shape index (κ1) is 27.2. The second-order valence-electron chi connectivity index (χ2n) is 11.1. The van der Waals surface area contributed by atoms with E-state index >= 15 is 0 Å². The number of carbonyl (C=O) groups excluding carboxylic acids is 1. The van der Waals surface area contributed by atoms with Gasteiger partial charge >= 0.3 is 0 Å². The van der Waals surface area contributed by atoms with Gasteiger partial charge in [0, 0.05) is 54.0 Å². The first-order valence-electron chi connectivity index (χ1n) is 13.9. The molecule has 2 aliphatic heterocycles. The molecule has 0 fully saturated rings. The lowest BCUT2D eigenvalue weighted by Crippen LogP contribution is -2.48. The zero-order valence-electron chi connectivity index (χ0n) is 22.8. The Morgan fingerprint density at radius 2 is 1.92 bits per heavy atom. The number of para-hydroxylation sites is 1. The van der Waals surface area contributed by atoms with Gasteiger partial charge in [-0.25, -0.2) is 0 Å². The lowest BCUT2D eigenvalue weighted by atomic mass is 9.66. The number of halogens is 1. The van der Waals surface area contributed by atoms with Gasteiger partial charge in [-0.3, -0.25) is 4.79 Å². The standard InChI is InChI=1S/C32H39BrN2O3/c1-4-32-17-8-18-34(19-15-25(36)21-23-11-13-24(33)14-12-23)20-16-27-26-9-6-7-10-28(26)35(31(3,37)22-32)29(27)30(32)38-5-2/h6-7,9-15,19,30,37H,4-5,8,16-18,20-22H2,1-3H3/b19-15+. The third kappa shape index (κ3) is 5.11.